The van der Waals surface area contributed by atoms with Crippen LogP contribution in [-0.2, 0) is 16.0 Å². The highest BCUT2D eigenvalue weighted by atomic mass is 16.5. The van der Waals surface area contributed by atoms with Crippen molar-refractivity contribution in [2.75, 3.05) is 6.61 Å². The number of hydrogen-bond donors (Lipinski definition) is 3. The van der Waals surface area contributed by atoms with Gasteiger partial charge in [0.1, 0.15) is 12.4 Å². The summed E-state index contributed by atoms with van der Waals surface area (Å²) in [6.07, 6.45) is 2.15. The summed E-state index contributed by atoms with van der Waals surface area (Å²) in [5.74, 6) is -1.59. The molecule has 0 aliphatic rings. The number of ether oxygens (including phenoxy) is 1. The van der Waals surface area contributed by atoms with Crippen molar-refractivity contribution >= 4 is 11.9 Å². The maximum Gasteiger partial charge on any atom is 0.328 e. The summed E-state index contributed by atoms with van der Waals surface area (Å²) in [4.78, 5) is 19.1. The lowest BCUT2D eigenvalue weighted by Gasteiger charge is -2.20. The second-order valence-corrected chi connectivity index (χ2v) is 6.29. The maximum atomic E-state index is 9.55. The van der Waals surface area contributed by atoms with Gasteiger partial charge in [0.15, 0.2) is 0 Å². The SMILES string of the molecule is CC(COc1ccccc1)NC(C)Cc1ccccc1.O=C(O)C=CC(=O)O. The Kier molecular flexibility index (Phi) is 10.7. The van der Waals surface area contributed by atoms with Crippen molar-refractivity contribution in [3.05, 3.63) is 78.4 Å². The van der Waals surface area contributed by atoms with Crippen molar-refractivity contribution in [3.8, 4) is 5.75 Å². The van der Waals surface area contributed by atoms with Crippen molar-refractivity contribution in [2.24, 2.45) is 0 Å². The third-order valence-electron chi connectivity index (χ3n) is 3.57. The van der Waals surface area contributed by atoms with Crippen LogP contribution in [0.5, 0.6) is 5.75 Å². The van der Waals surface area contributed by atoms with E-state index in [1.54, 1.807) is 0 Å². The van der Waals surface area contributed by atoms with Crippen molar-refractivity contribution in [1.29, 1.82) is 0 Å². The lowest BCUT2D eigenvalue weighted by Crippen LogP contribution is -2.39. The van der Waals surface area contributed by atoms with Crippen molar-refractivity contribution in [2.45, 2.75) is 32.4 Å². The lowest BCUT2D eigenvalue weighted by molar-refractivity contribution is -0.134. The van der Waals surface area contributed by atoms with Gasteiger partial charge < -0.3 is 20.3 Å². The Balaban J connectivity index is 0.000000416. The third-order valence-corrected chi connectivity index (χ3v) is 3.57. The van der Waals surface area contributed by atoms with Crippen LogP contribution in [0.25, 0.3) is 0 Å². The van der Waals surface area contributed by atoms with Crippen LogP contribution in [0.4, 0.5) is 0 Å². The van der Waals surface area contributed by atoms with Crippen molar-refractivity contribution in [1.82, 2.24) is 5.32 Å². The molecule has 0 amide bonds. The van der Waals surface area contributed by atoms with Gasteiger partial charge in [-0.15, -0.1) is 0 Å². The second kappa shape index (κ2) is 13.1. The molecule has 3 N–H and O–H groups in total. The number of hydrogen-bond acceptors (Lipinski definition) is 4. The summed E-state index contributed by atoms with van der Waals surface area (Å²) < 4.78 is 5.76. The van der Waals surface area contributed by atoms with Gasteiger partial charge in [-0.25, -0.2) is 9.59 Å². The van der Waals surface area contributed by atoms with Crippen LogP contribution in [0.2, 0.25) is 0 Å². The summed E-state index contributed by atoms with van der Waals surface area (Å²) in [7, 11) is 0. The van der Waals surface area contributed by atoms with E-state index in [9.17, 15) is 9.59 Å². The molecule has 6 heteroatoms. The average molecular weight is 385 g/mol. The van der Waals surface area contributed by atoms with E-state index in [4.69, 9.17) is 14.9 Å². The van der Waals surface area contributed by atoms with Gasteiger partial charge in [-0.2, -0.15) is 0 Å². The Morgan fingerprint density at radius 3 is 1.89 bits per heavy atom. The summed E-state index contributed by atoms with van der Waals surface area (Å²) in [6.45, 7) is 5.06. The molecular weight excluding hydrogens is 358 g/mol. The normalized spacial score (nSPS) is 12.5. The summed E-state index contributed by atoms with van der Waals surface area (Å²) in [6, 6.07) is 21.3. The molecule has 150 valence electrons. The highest BCUT2D eigenvalue weighted by molar-refractivity contribution is 5.89. The average Bonchev–Trinajstić information content (AvgIpc) is 2.67. The summed E-state index contributed by atoms with van der Waals surface area (Å²) in [5, 5.41) is 19.2. The molecule has 2 atom stereocenters. The number of rotatable bonds is 9. The first kappa shape index (κ1) is 22.9. The molecule has 2 aromatic rings. The Labute approximate surface area is 165 Å². The van der Waals surface area contributed by atoms with Gasteiger partial charge in [0.25, 0.3) is 0 Å². The zero-order valence-corrected chi connectivity index (χ0v) is 16.1. The smallest absolute Gasteiger partial charge is 0.328 e. The van der Waals surface area contributed by atoms with E-state index in [0.717, 1.165) is 12.2 Å². The molecule has 2 unspecified atom stereocenters. The molecule has 0 bridgehead atoms. The summed E-state index contributed by atoms with van der Waals surface area (Å²) >= 11 is 0. The van der Waals surface area contributed by atoms with Crippen molar-refractivity contribution < 1.29 is 24.5 Å². The van der Waals surface area contributed by atoms with Crippen LogP contribution in [0.1, 0.15) is 19.4 Å². The van der Waals surface area contributed by atoms with Gasteiger partial charge >= 0.3 is 11.9 Å². The van der Waals surface area contributed by atoms with E-state index in [2.05, 4.69) is 49.5 Å². The van der Waals surface area contributed by atoms with Crippen LogP contribution in [0.3, 0.4) is 0 Å². The predicted octanol–water partition coefficient (Wildman–Crippen LogP) is 3.39. The van der Waals surface area contributed by atoms with Gasteiger partial charge in [-0.05, 0) is 38.0 Å². The molecule has 0 fully saturated rings. The predicted molar refractivity (Wildman–Crippen MR) is 109 cm³/mol. The molecule has 0 heterocycles. The topological polar surface area (TPSA) is 95.9 Å². The highest BCUT2D eigenvalue weighted by Gasteiger charge is 2.08. The van der Waals surface area contributed by atoms with E-state index in [0.29, 0.717) is 30.8 Å². The van der Waals surface area contributed by atoms with Gasteiger partial charge in [-0.1, -0.05) is 48.5 Å². The third kappa shape index (κ3) is 11.5. The molecular formula is C22H27NO5. The molecule has 2 rings (SSSR count). The fraction of sp³-hybridized carbons (Fsp3) is 0.273. The zero-order valence-electron chi connectivity index (χ0n) is 16.1. The molecule has 0 spiro atoms. The van der Waals surface area contributed by atoms with E-state index in [1.165, 1.54) is 5.56 Å². The lowest BCUT2D eigenvalue weighted by atomic mass is 10.1. The van der Waals surface area contributed by atoms with Gasteiger partial charge in [0.2, 0.25) is 0 Å². The Bertz CT molecular complexity index is 715. The number of carboxylic acids is 2. The minimum absolute atomic E-state index is 0.328. The standard InChI is InChI=1S/C18H23NO.C4H4O4/c1-15(13-17-9-5-3-6-10-17)19-16(2)14-20-18-11-7-4-8-12-18;5-3(6)1-2-4(7)8/h3-12,15-16,19H,13-14H2,1-2H3;1-2H,(H,5,6)(H,7,8). The molecule has 2 aromatic carbocycles. The fourth-order valence-electron chi connectivity index (χ4n) is 2.44. The van der Waals surface area contributed by atoms with Crippen molar-refractivity contribution in [3.63, 3.8) is 0 Å². The Morgan fingerprint density at radius 2 is 1.39 bits per heavy atom. The number of carboxylic acid groups (broad SMARTS) is 2. The zero-order chi connectivity index (χ0) is 20.8. The number of para-hydroxylation sites is 1. The van der Waals surface area contributed by atoms with Crippen LogP contribution in [0.15, 0.2) is 72.8 Å². The second-order valence-electron chi connectivity index (χ2n) is 6.29. The molecule has 0 aliphatic heterocycles. The molecule has 28 heavy (non-hydrogen) atoms. The minimum Gasteiger partial charge on any atom is -0.492 e. The molecule has 0 saturated carbocycles. The highest BCUT2D eigenvalue weighted by Crippen LogP contribution is 2.09. The Morgan fingerprint density at radius 1 is 0.893 bits per heavy atom. The van der Waals surface area contributed by atoms with Gasteiger partial charge in [-0.3, -0.25) is 0 Å². The van der Waals surface area contributed by atoms with E-state index >= 15 is 0 Å². The quantitative estimate of drug-likeness (QED) is 0.573. The largest absolute Gasteiger partial charge is 0.492 e. The van der Waals surface area contributed by atoms with E-state index < -0.39 is 11.9 Å². The molecule has 0 saturated heterocycles. The van der Waals surface area contributed by atoms with Gasteiger partial charge in [0, 0.05) is 24.2 Å². The van der Waals surface area contributed by atoms with Crippen LogP contribution in [0, 0.1) is 0 Å². The molecule has 6 nitrogen and oxygen atoms in total. The van der Waals surface area contributed by atoms with Gasteiger partial charge in [0.05, 0.1) is 0 Å². The van der Waals surface area contributed by atoms with Crippen LogP contribution < -0.4 is 10.1 Å². The first-order chi connectivity index (χ1) is 13.4. The van der Waals surface area contributed by atoms with Crippen LogP contribution >= 0.6 is 0 Å². The number of aliphatic carboxylic acids is 2. The first-order valence-electron chi connectivity index (χ1n) is 8.98. The monoisotopic (exact) mass is 385 g/mol. The maximum absolute atomic E-state index is 9.55. The number of carbonyl (C=O) groups is 2. The molecule has 0 aromatic heterocycles. The van der Waals surface area contributed by atoms with Crippen LogP contribution in [-0.4, -0.2) is 40.8 Å². The first-order valence-corrected chi connectivity index (χ1v) is 8.98. The number of benzene rings is 2. The molecule has 0 aliphatic carbocycles. The van der Waals surface area contributed by atoms with E-state index in [-0.39, 0.29) is 0 Å². The Hall–Kier alpha value is -3.12. The summed E-state index contributed by atoms with van der Waals surface area (Å²) in [5.41, 5.74) is 1.36. The minimum atomic E-state index is -1.26. The fourth-order valence-corrected chi connectivity index (χ4v) is 2.44. The number of nitrogens with one attached hydrogen (secondary N) is 1. The van der Waals surface area contributed by atoms with E-state index in [1.807, 2.05) is 30.3 Å². The molecule has 0 radical (unpaired) electrons.